The summed E-state index contributed by atoms with van der Waals surface area (Å²) in [5.41, 5.74) is -0.283. The predicted octanol–water partition coefficient (Wildman–Crippen LogP) is 2.48. The molecule has 0 aliphatic carbocycles. The fourth-order valence-corrected chi connectivity index (χ4v) is 11.6. The topological polar surface area (TPSA) is 338 Å². The molecule has 25 heteroatoms. The minimum absolute atomic E-state index is 0. The van der Waals surface area contributed by atoms with E-state index in [-0.39, 0.29) is 67.4 Å². The number of nitrogens with one attached hydrogen (secondary N) is 2. The number of hydrogen-bond acceptors (Lipinski definition) is 18. The van der Waals surface area contributed by atoms with Gasteiger partial charge in [-0.25, -0.2) is 63.6 Å². The summed E-state index contributed by atoms with van der Waals surface area (Å²) >= 11 is 0. The Bertz CT molecular complexity index is 3380. The van der Waals surface area contributed by atoms with Gasteiger partial charge in [0.1, 0.15) is 63.1 Å². The molecule has 9 rings (SSSR count). The van der Waals surface area contributed by atoms with Crippen LogP contribution in [0, 0.1) is 0 Å². The van der Waals surface area contributed by atoms with E-state index in [4.69, 9.17) is 9.97 Å². The van der Waals surface area contributed by atoms with Crippen LogP contribution in [0.3, 0.4) is 0 Å². The molecule has 0 radical (unpaired) electrons. The summed E-state index contributed by atoms with van der Waals surface area (Å²) in [7, 11) is -26.0. The van der Waals surface area contributed by atoms with Gasteiger partial charge in [-0.05, 0) is 0 Å². The largest absolute Gasteiger partial charge is 4.00 e. The summed E-state index contributed by atoms with van der Waals surface area (Å²) < 4.78 is 154. The van der Waals surface area contributed by atoms with Gasteiger partial charge in [0.2, 0.25) is 0 Å². The average molecular weight is 879 g/mol. The van der Waals surface area contributed by atoms with Gasteiger partial charge in [-0.2, -0.15) is 0 Å². The fourth-order valence-electron chi connectivity index (χ4n) is 6.72. The first-order chi connectivity index (χ1) is 26.3. The van der Waals surface area contributed by atoms with Crippen molar-refractivity contribution in [1.29, 1.82) is 0 Å². The first-order valence-electron chi connectivity index (χ1n) is 15.5. The third-order valence-electron chi connectivity index (χ3n) is 8.82. The van der Waals surface area contributed by atoms with Crippen LogP contribution >= 0.6 is 0 Å². The molecule has 8 bridgehead atoms. The Labute approximate surface area is 334 Å². The maximum absolute atomic E-state index is 13.0. The zero-order valence-electron chi connectivity index (χ0n) is 27.6. The second-order valence-corrected chi connectivity index (χ2v) is 17.4. The van der Waals surface area contributed by atoms with E-state index in [0.717, 1.165) is 0 Å². The summed E-state index contributed by atoms with van der Waals surface area (Å²) in [6.07, 6.45) is 0. The van der Waals surface area contributed by atoms with Gasteiger partial charge in [-0.1, -0.05) is 72.8 Å². The monoisotopic (exact) mass is 878 g/mol. The molecule has 0 amide bonds. The summed E-state index contributed by atoms with van der Waals surface area (Å²) in [5, 5.41) is -1.56. The molecule has 2 N–H and O–H groups in total. The van der Waals surface area contributed by atoms with Crippen LogP contribution in [-0.2, 0) is 62.2 Å². The van der Waals surface area contributed by atoms with Gasteiger partial charge < -0.3 is 28.2 Å². The molecule has 0 spiro atoms. The van der Waals surface area contributed by atoms with Crippen LogP contribution in [0.1, 0.15) is 0 Å². The smallest absolute Gasteiger partial charge is 0.744 e. The molecule has 3 aromatic heterocycles. The van der Waals surface area contributed by atoms with Crippen LogP contribution in [-0.4, -0.2) is 91.8 Å². The number of H-pyrrole nitrogens is 2. The van der Waals surface area contributed by atoms with Crippen LogP contribution in [0.4, 0.5) is 0 Å². The molecule has 20 nitrogen and oxygen atoms in total. The summed E-state index contributed by atoms with van der Waals surface area (Å²) in [4.78, 5) is 23.0. The quantitative estimate of drug-likeness (QED) is 0.189. The van der Waals surface area contributed by atoms with Crippen LogP contribution in [0.25, 0.3) is 89.7 Å². The number of aromatic nitrogens is 8. The van der Waals surface area contributed by atoms with Crippen molar-refractivity contribution in [3.8, 4) is 45.6 Å². The molecule has 0 atom stereocenters. The van der Waals surface area contributed by atoms with E-state index in [2.05, 4.69) is 29.9 Å². The third-order valence-corrected chi connectivity index (χ3v) is 12.8. The maximum atomic E-state index is 13.0. The number of nitrogens with zero attached hydrogens (tertiary/aromatic N) is 6. The van der Waals surface area contributed by atoms with E-state index in [9.17, 15) is 51.9 Å². The molecule has 0 saturated heterocycles. The van der Waals surface area contributed by atoms with Crippen LogP contribution in [0.2, 0.25) is 0 Å². The van der Waals surface area contributed by atoms with Crippen LogP contribution in [0.15, 0.2) is 92.4 Å². The SMILES string of the molecule is O=S(=O)([O-])c1c(S(=O)(=O)[O-])c(S(=O)(=O)[O-])c2c3nc4nc(nc5[nH]c(nc6nc(nc([nH]3)c2c1S(=O)(=O)[O-])-c1ccccc1-6)c1ccccc51)-c1ccccc1-4.[Ti+4]. The van der Waals surface area contributed by atoms with E-state index in [1.165, 1.54) is 12.1 Å². The van der Waals surface area contributed by atoms with E-state index >= 15 is 0 Å². The van der Waals surface area contributed by atoms with Crippen molar-refractivity contribution in [2.75, 3.05) is 0 Å². The molecule has 0 unspecified atom stereocenters. The molecular weight excluding hydrogens is 865 g/mol. The molecule has 57 heavy (non-hydrogen) atoms. The van der Waals surface area contributed by atoms with Crippen molar-refractivity contribution in [3.05, 3.63) is 72.8 Å². The Morgan fingerprint density at radius 2 is 0.632 bits per heavy atom. The molecule has 7 aromatic rings. The average Bonchev–Trinajstić information content (AvgIpc) is 3.84. The Morgan fingerprint density at radius 3 is 0.930 bits per heavy atom. The predicted molar refractivity (Wildman–Crippen MR) is 188 cm³/mol. The standard InChI is InChI=1S/C32H18N8O12S4.Ti/c41-53(42,43)21-19-20(22(54(44,45)46)24(56(50,51)52)23(21)55(47,48)49)32-39-30-18-12-6-4-10-16(18)28(37-30)35-26-14-8-2-1-7-13(14)25(33-26)34-27-15-9-3-5-11-17(15)29(36-27)38-31(19)40-32;/h1-12H,(H,41,42,43)(H,44,45,46)(H,47,48,49)(H,50,51,52)(H2,33,34,35,36,37,38,39,40);/q;+4/p-4. The van der Waals surface area contributed by atoms with Gasteiger partial charge in [0.05, 0.1) is 19.6 Å². The van der Waals surface area contributed by atoms with Gasteiger partial charge in [-0.15, -0.1) is 0 Å². The molecular formula is C32H14N8O12S4Ti. The molecule has 282 valence electrons. The first kappa shape index (κ1) is 38.5. The number of rotatable bonds is 4. The van der Waals surface area contributed by atoms with E-state index in [0.29, 0.717) is 21.9 Å². The van der Waals surface area contributed by atoms with Crippen LogP contribution < -0.4 is 0 Å². The molecule has 0 saturated carbocycles. The number of benzene rings is 4. The maximum Gasteiger partial charge on any atom is 4.00 e. The second-order valence-electron chi connectivity index (χ2n) is 12.1. The van der Waals surface area contributed by atoms with Crippen molar-refractivity contribution >= 4 is 84.6 Å². The van der Waals surface area contributed by atoms with E-state index in [1.807, 2.05) is 0 Å². The Hall–Kier alpha value is -5.41. The van der Waals surface area contributed by atoms with Crippen molar-refractivity contribution in [1.82, 2.24) is 39.9 Å². The number of aromatic amines is 2. The van der Waals surface area contributed by atoms with Crippen LogP contribution in [0.5, 0.6) is 0 Å². The van der Waals surface area contributed by atoms with Crippen molar-refractivity contribution in [2.45, 2.75) is 19.6 Å². The minimum Gasteiger partial charge on any atom is -0.744 e. The Kier molecular flexibility index (Phi) is 8.64. The van der Waals surface area contributed by atoms with Crippen molar-refractivity contribution < 1.29 is 73.6 Å². The van der Waals surface area contributed by atoms with Crippen molar-refractivity contribution in [2.24, 2.45) is 0 Å². The Balaban J connectivity index is 0.00000455. The normalized spacial score (nSPS) is 13.0. The molecule has 0 fully saturated rings. The Morgan fingerprint density at radius 1 is 0.368 bits per heavy atom. The molecule has 4 aromatic carbocycles. The van der Waals surface area contributed by atoms with Gasteiger partial charge >= 0.3 is 21.7 Å². The molecule has 2 aliphatic heterocycles. The van der Waals surface area contributed by atoms with Gasteiger partial charge in [0, 0.05) is 43.8 Å². The molecule has 2 aliphatic rings. The van der Waals surface area contributed by atoms with Gasteiger partial charge in [0.25, 0.3) is 0 Å². The minimum atomic E-state index is -6.60. The fraction of sp³-hybridized carbons (Fsp3) is 0. The van der Waals surface area contributed by atoms with Gasteiger partial charge in [-0.3, -0.25) is 0 Å². The zero-order chi connectivity index (χ0) is 39.7. The third kappa shape index (κ3) is 6.13. The summed E-state index contributed by atoms with van der Waals surface area (Å²) in [6, 6.07) is 19.6. The van der Waals surface area contributed by atoms with Gasteiger partial charge in [0.15, 0.2) is 23.3 Å². The number of hydrogen-bond donors (Lipinski definition) is 2. The van der Waals surface area contributed by atoms with E-state index < -0.39 is 82.1 Å². The summed E-state index contributed by atoms with van der Waals surface area (Å²) in [5.74, 6) is -0.637. The zero-order valence-corrected chi connectivity index (χ0v) is 32.5. The van der Waals surface area contributed by atoms with Crippen molar-refractivity contribution in [3.63, 3.8) is 0 Å². The first-order valence-corrected chi connectivity index (χ1v) is 21.1. The summed E-state index contributed by atoms with van der Waals surface area (Å²) in [6.45, 7) is 0. The molecule has 5 heterocycles. The second kappa shape index (κ2) is 12.8. The number of fused-ring (bicyclic) bond motifs is 20. The van der Waals surface area contributed by atoms with E-state index in [1.54, 1.807) is 60.7 Å².